The third-order valence-corrected chi connectivity index (χ3v) is 6.85. The predicted octanol–water partition coefficient (Wildman–Crippen LogP) is 2.62. The Labute approximate surface area is 176 Å². The summed E-state index contributed by atoms with van der Waals surface area (Å²) in [7, 11) is 1.38. The Morgan fingerprint density at radius 2 is 1.97 bits per heavy atom. The third-order valence-electron chi connectivity index (χ3n) is 6.85. The second kappa shape index (κ2) is 7.71. The first-order valence-electron chi connectivity index (χ1n) is 10.1. The average molecular weight is 418 g/mol. The highest BCUT2D eigenvalue weighted by atomic mass is 16.5. The summed E-state index contributed by atoms with van der Waals surface area (Å²) in [6.45, 7) is 7.09. The maximum absolute atomic E-state index is 13.0. The van der Waals surface area contributed by atoms with E-state index in [1.54, 1.807) is 19.9 Å². The van der Waals surface area contributed by atoms with Gasteiger partial charge in [-0.3, -0.25) is 4.79 Å². The first-order chi connectivity index (χ1) is 13.9. The molecule has 3 rings (SSSR count). The lowest BCUT2D eigenvalue weighted by atomic mass is 9.66. The van der Waals surface area contributed by atoms with Gasteiger partial charge in [-0.2, -0.15) is 0 Å². The van der Waals surface area contributed by atoms with Gasteiger partial charge in [0.25, 0.3) is 0 Å². The molecule has 1 fully saturated rings. The monoisotopic (exact) mass is 418 g/mol. The van der Waals surface area contributed by atoms with Crippen LogP contribution in [-0.2, 0) is 9.53 Å². The third kappa shape index (κ3) is 3.40. The van der Waals surface area contributed by atoms with Crippen molar-refractivity contribution in [2.75, 3.05) is 7.11 Å². The number of phenolic OH excluding ortho intramolecular Hbond substituents is 1. The van der Waals surface area contributed by atoms with E-state index in [-0.39, 0.29) is 35.2 Å². The van der Waals surface area contributed by atoms with Gasteiger partial charge in [0, 0.05) is 18.8 Å². The fourth-order valence-corrected chi connectivity index (χ4v) is 4.94. The Bertz CT molecular complexity index is 890. The second-order valence-electron chi connectivity index (χ2n) is 9.00. The summed E-state index contributed by atoms with van der Waals surface area (Å²) in [6.07, 6.45) is -0.0824. The molecule has 0 aliphatic heterocycles. The summed E-state index contributed by atoms with van der Waals surface area (Å²) in [5, 5.41) is 32.1. The maximum Gasteiger partial charge on any atom is 0.338 e. The van der Waals surface area contributed by atoms with Crippen LogP contribution in [0.5, 0.6) is 11.5 Å². The number of carbonyl (C=O) groups is 2. The smallest absolute Gasteiger partial charge is 0.338 e. The molecule has 0 unspecified atom stereocenters. The fraction of sp³-hybridized carbons (Fsp3) is 0.565. The Morgan fingerprint density at radius 1 is 1.30 bits per heavy atom. The highest BCUT2D eigenvalue weighted by molar-refractivity contribution is 5.92. The molecule has 0 spiro atoms. The molecule has 1 aromatic carbocycles. The van der Waals surface area contributed by atoms with Gasteiger partial charge in [-0.1, -0.05) is 25.5 Å². The normalized spacial score (nSPS) is 33.7. The van der Waals surface area contributed by atoms with Gasteiger partial charge in [0.2, 0.25) is 0 Å². The Hall–Kier alpha value is -2.38. The average Bonchev–Trinajstić information content (AvgIpc) is 2.82. The minimum Gasteiger partial charge on any atom is -0.504 e. The molecule has 0 saturated heterocycles. The van der Waals surface area contributed by atoms with E-state index in [1.807, 2.05) is 13.8 Å². The van der Waals surface area contributed by atoms with Crippen LogP contribution in [0.3, 0.4) is 0 Å². The van der Waals surface area contributed by atoms with Crippen molar-refractivity contribution in [1.29, 1.82) is 0 Å². The lowest BCUT2D eigenvalue weighted by molar-refractivity contribution is -0.141. The van der Waals surface area contributed by atoms with Crippen LogP contribution in [0, 0.1) is 17.3 Å². The molecule has 5 atom stereocenters. The van der Waals surface area contributed by atoms with Gasteiger partial charge < -0.3 is 24.8 Å². The Kier molecular flexibility index (Phi) is 5.73. The number of ketones is 1. The van der Waals surface area contributed by atoms with Crippen molar-refractivity contribution >= 4 is 11.8 Å². The molecule has 7 nitrogen and oxygen atoms in total. The van der Waals surface area contributed by atoms with Gasteiger partial charge in [-0.25, -0.2) is 4.79 Å². The predicted molar refractivity (Wildman–Crippen MR) is 109 cm³/mol. The number of ether oxygens (including phenoxy) is 2. The number of aliphatic hydroxyl groups excluding tert-OH is 1. The number of hydrogen-bond donors (Lipinski definition) is 3. The molecule has 2 aliphatic rings. The highest BCUT2D eigenvalue weighted by Crippen LogP contribution is 2.56. The van der Waals surface area contributed by atoms with E-state index in [1.165, 1.54) is 25.3 Å². The number of phenols is 1. The van der Waals surface area contributed by atoms with Crippen LogP contribution in [0.25, 0.3) is 0 Å². The van der Waals surface area contributed by atoms with Gasteiger partial charge in [0.05, 0.1) is 29.8 Å². The summed E-state index contributed by atoms with van der Waals surface area (Å²) < 4.78 is 10.9. The molecule has 0 amide bonds. The van der Waals surface area contributed by atoms with Crippen molar-refractivity contribution in [3.8, 4) is 11.5 Å². The van der Waals surface area contributed by atoms with Crippen molar-refractivity contribution in [3.05, 3.63) is 35.4 Å². The summed E-state index contributed by atoms with van der Waals surface area (Å²) in [5.41, 5.74) is -1.73. The van der Waals surface area contributed by atoms with E-state index >= 15 is 0 Å². The van der Waals surface area contributed by atoms with Crippen molar-refractivity contribution < 1.29 is 34.4 Å². The SMILES string of the molecule is COc1cc(C(=O)O[C@@H]2CC(C)=C[C@@H](O)[C@]3(C)C(=O)C[C@@](O)(C(C)C)[C@@H]23)ccc1O. The molecular formula is C23H30O7. The van der Waals surface area contributed by atoms with E-state index in [4.69, 9.17) is 9.47 Å². The minimum absolute atomic E-state index is 0.100. The van der Waals surface area contributed by atoms with Crippen molar-refractivity contribution in [2.24, 2.45) is 17.3 Å². The molecular weight excluding hydrogens is 388 g/mol. The van der Waals surface area contributed by atoms with Crippen LogP contribution >= 0.6 is 0 Å². The lowest BCUT2D eigenvalue weighted by Crippen LogP contribution is -2.53. The van der Waals surface area contributed by atoms with Gasteiger partial charge >= 0.3 is 5.97 Å². The molecule has 2 aliphatic carbocycles. The molecule has 1 saturated carbocycles. The van der Waals surface area contributed by atoms with Crippen LogP contribution in [0.1, 0.15) is 50.9 Å². The molecule has 7 heteroatoms. The summed E-state index contributed by atoms with van der Waals surface area (Å²) >= 11 is 0. The molecule has 0 aromatic heterocycles. The second-order valence-corrected chi connectivity index (χ2v) is 9.00. The van der Waals surface area contributed by atoms with Gasteiger partial charge in [-0.05, 0) is 38.0 Å². The summed E-state index contributed by atoms with van der Waals surface area (Å²) in [4.78, 5) is 25.9. The van der Waals surface area contributed by atoms with E-state index in [0.29, 0.717) is 6.42 Å². The number of Topliss-reactive ketones (excluding diaryl/α,β-unsaturated/α-hetero) is 1. The number of benzene rings is 1. The minimum atomic E-state index is -1.41. The lowest BCUT2D eigenvalue weighted by Gasteiger charge is -2.43. The first-order valence-corrected chi connectivity index (χ1v) is 10.1. The molecule has 1 aromatic rings. The number of aliphatic hydroxyl groups is 2. The zero-order valence-corrected chi connectivity index (χ0v) is 18.0. The molecule has 0 bridgehead atoms. The van der Waals surface area contributed by atoms with Gasteiger partial charge in [0.1, 0.15) is 11.9 Å². The fourth-order valence-electron chi connectivity index (χ4n) is 4.94. The number of fused-ring (bicyclic) bond motifs is 1. The summed E-state index contributed by atoms with van der Waals surface area (Å²) in [5.74, 6) is -1.92. The molecule has 0 radical (unpaired) electrons. The highest BCUT2D eigenvalue weighted by Gasteiger charge is 2.66. The number of aromatic hydroxyl groups is 1. The van der Waals surface area contributed by atoms with E-state index in [0.717, 1.165) is 5.57 Å². The maximum atomic E-state index is 13.0. The van der Waals surface area contributed by atoms with Crippen LogP contribution < -0.4 is 4.74 Å². The van der Waals surface area contributed by atoms with E-state index < -0.39 is 35.1 Å². The van der Waals surface area contributed by atoms with Gasteiger partial charge in [0.15, 0.2) is 11.5 Å². The topological polar surface area (TPSA) is 113 Å². The zero-order chi connectivity index (χ0) is 22.4. The van der Waals surface area contributed by atoms with Crippen LogP contribution in [-0.4, -0.2) is 52.0 Å². The van der Waals surface area contributed by atoms with Crippen LogP contribution in [0.15, 0.2) is 29.8 Å². The van der Waals surface area contributed by atoms with Crippen molar-refractivity contribution in [2.45, 2.75) is 58.3 Å². The summed E-state index contributed by atoms with van der Waals surface area (Å²) in [6, 6.07) is 4.13. The van der Waals surface area contributed by atoms with Crippen LogP contribution in [0.4, 0.5) is 0 Å². The number of carbonyl (C=O) groups excluding carboxylic acids is 2. The van der Waals surface area contributed by atoms with Crippen molar-refractivity contribution in [3.63, 3.8) is 0 Å². The van der Waals surface area contributed by atoms with Gasteiger partial charge in [-0.15, -0.1) is 0 Å². The molecule has 3 N–H and O–H groups in total. The Morgan fingerprint density at radius 3 is 2.57 bits per heavy atom. The Balaban J connectivity index is 2.02. The standard InChI is InChI=1S/C23H30O7/c1-12(2)23(28)11-19(26)22(4)18(25)9-13(3)8-17(20(22)23)30-21(27)14-6-7-15(24)16(10-14)29-5/h6-7,9-10,12,17-18,20,24-25,28H,8,11H2,1-5H3/t17-,18-,20+,22-,23-/m1/s1. The van der Waals surface area contributed by atoms with Crippen molar-refractivity contribution in [1.82, 2.24) is 0 Å². The molecule has 0 heterocycles. The molecule has 30 heavy (non-hydrogen) atoms. The molecule has 164 valence electrons. The quantitative estimate of drug-likeness (QED) is 0.509. The number of hydrogen-bond acceptors (Lipinski definition) is 7. The zero-order valence-electron chi connectivity index (χ0n) is 18.0. The van der Waals surface area contributed by atoms with E-state index in [9.17, 15) is 24.9 Å². The first kappa shape index (κ1) is 22.3. The number of methoxy groups -OCH3 is 1. The number of esters is 1. The van der Waals surface area contributed by atoms with E-state index in [2.05, 4.69) is 0 Å². The van der Waals surface area contributed by atoms with Crippen LogP contribution in [0.2, 0.25) is 0 Å². The largest absolute Gasteiger partial charge is 0.504 e. The number of rotatable bonds is 4.